The summed E-state index contributed by atoms with van der Waals surface area (Å²) >= 11 is 3.46. The van der Waals surface area contributed by atoms with Crippen LogP contribution in [0.5, 0.6) is 0 Å². The first-order chi connectivity index (χ1) is 9.59. The van der Waals surface area contributed by atoms with Crippen molar-refractivity contribution in [2.75, 3.05) is 0 Å². The standard InChI is InChI=1S/C17H14BrNO/c1-17(20,13-5-3-6-14(18)10-13)16-7-2-4-12-11-19-9-8-15(12)16/h2-11,20H,1H3. The Bertz CT molecular complexity index is 762. The maximum absolute atomic E-state index is 11.0. The number of aromatic nitrogens is 1. The maximum atomic E-state index is 11.0. The van der Waals surface area contributed by atoms with Gasteiger partial charge in [0.2, 0.25) is 0 Å². The summed E-state index contributed by atoms with van der Waals surface area (Å²) in [5.41, 5.74) is 0.691. The molecule has 0 fully saturated rings. The number of hydrogen-bond donors (Lipinski definition) is 1. The summed E-state index contributed by atoms with van der Waals surface area (Å²) in [7, 11) is 0. The van der Waals surface area contributed by atoms with E-state index in [4.69, 9.17) is 0 Å². The van der Waals surface area contributed by atoms with Crippen LogP contribution in [0, 0.1) is 0 Å². The van der Waals surface area contributed by atoms with E-state index < -0.39 is 5.60 Å². The lowest BCUT2D eigenvalue weighted by Crippen LogP contribution is -2.23. The van der Waals surface area contributed by atoms with Gasteiger partial charge in [-0.05, 0) is 41.6 Å². The molecule has 0 spiro atoms. The molecule has 0 aliphatic heterocycles. The number of rotatable bonds is 2. The molecule has 2 aromatic carbocycles. The van der Waals surface area contributed by atoms with Crippen molar-refractivity contribution in [2.24, 2.45) is 0 Å². The number of halogens is 1. The maximum Gasteiger partial charge on any atom is 0.112 e. The SMILES string of the molecule is CC(O)(c1cccc(Br)c1)c1cccc2cnccc12. The highest BCUT2D eigenvalue weighted by Crippen LogP contribution is 2.34. The Morgan fingerprint density at radius 3 is 2.70 bits per heavy atom. The summed E-state index contributed by atoms with van der Waals surface area (Å²) in [6, 6.07) is 15.6. The molecule has 0 bridgehead atoms. The Hall–Kier alpha value is -1.71. The van der Waals surface area contributed by atoms with E-state index in [-0.39, 0.29) is 0 Å². The van der Waals surface area contributed by atoms with Gasteiger partial charge in [-0.15, -0.1) is 0 Å². The fourth-order valence-corrected chi connectivity index (χ4v) is 2.89. The van der Waals surface area contributed by atoms with Gasteiger partial charge in [0.1, 0.15) is 5.60 Å². The Kier molecular flexibility index (Phi) is 3.32. The van der Waals surface area contributed by atoms with Crippen LogP contribution in [0.3, 0.4) is 0 Å². The highest BCUT2D eigenvalue weighted by atomic mass is 79.9. The van der Waals surface area contributed by atoms with E-state index in [2.05, 4.69) is 20.9 Å². The van der Waals surface area contributed by atoms with Gasteiger partial charge in [-0.3, -0.25) is 4.98 Å². The van der Waals surface area contributed by atoms with Gasteiger partial charge in [0.15, 0.2) is 0 Å². The second-order valence-corrected chi connectivity index (χ2v) is 5.90. The summed E-state index contributed by atoms with van der Waals surface area (Å²) < 4.78 is 0.956. The van der Waals surface area contributed by atoms with Crippen molar-refractivity contribution in [3.63, 3.8) is 0 Å². The molecule has 0 radical (unpaired) electrons. The largest absolute Gasteiger partial charge is 0.381 e. The molecule has 0 amide bonds. The third-order valence-corrected chi connectivity index (χ3v) is 4.09. The van der Waals surface area contributed by atoms with E-state index in [1.807, 2.05) is 61.7 Å². The van der Waals surface area contributed by atoms with Crippen LogP contribution in [-0.4, -0.2) is 10.1 Å². The van der Waals surface area contributed by atoms with Crippen LogP contribution < -0.4 is 0 Å². The molecular weight excluding hydrogens is 314 g/mol. The van der Waals surface area contributed by atoms with Gasteiger partial charge in [-0.25, -0.2) is 0 Å². The molecule has 0 aliphatic rings. The van der Waals surface area contributed by atoms with Gasteiger partial charge >= 0.3 is 0 Å². The molecule has 0 saturated heterocycles. The van der Waals surface area contributed by atoms with Crippen LogP contribution in [0.15, 0.2) is 65.4 Å². The van der Waals surface area contributed by atoms with E-state index in [0.29, 0.717) is 0 Å². The Balaban J connectivity index is 2.23. The predicted octanol–water partition coefficient (Wildman–Crippen LogP) is 4.25. The van der Waals surface area contributed by atoms with Crippen molar-refractivity contribution in [1.29, 1.82) is 0 Å². The third kappa shape index (κ3) is 2.23. The van der Waals surface area contributed by atoms with Crippen molar-refractivity contribution < 1.29 is 5.11 Å². The lowest BCUT2D eigenvalue weighted by molar-refractivity contribution is 0.104. The Morgan fingerprint density at radius 1 is 1.10 bits per heavy atom. The van der Waals surface area contributed by atoms with Crippen molar-refractivity contribution >= 4 is 26.7 Å². The highest BCUT2D eigenvalue weighted by molar-refractivity contribution is 9.10. The van der Waals surface area contributed by atoms with Crippen LogP contribution in [0.4, 0.5) is 0 Å². The monoisotopic (exact) mass is 327 g/mol. The van der Waals surface area contributed by atoms with Crippen LogP contribution in [0.25, 0.3) is 10.8 Å². The number of nitrogens with zero attached hydrogens (tertiary/aromatic N) is 1. The number of hydrogen-bond acceptors (Lipinski definition) is 2. The highest BCUT2D eigenvalue weighted by Gasteiger charge is 2.27. The summed E-state index contributed by atoms with van der Waals surface area (Å²) in [5.74, 6) is 0. The first-order valence-electron chi connectivity index (χ1n) is 6.41. The molecule has 3 rings (SSSR count). The van der Waals surface area contributed by atoms with E-state index in [1.54, 1.807) is 6.20 Å². The molecule has 0 saturated carbocycles. The fraction of sp³-hybridized carbons (Fsp3) is 0.118. The van der Waals surface area contributed by atoms with E-state index >= 15 is 0 Å². The van der Waals surface area contributed by atoms with E-state index in [1.165, 1.54) is 0 Å². The molecule has 1 heterocycles. The molecule has 1 aromatic heterocycles. The van der Waals surface area contributed by atoms with Gasteiger partial charge in [0.25, 0.3) is 0 Å². The smallest absolute Gasteiger partial charge is 0.112 e. The quantitative estimate of drug-likeness (QED) is 0.763. The summed E-state index contributed by atoms with van der Waals surface area (Å²) in [6.07, 6.45) is 3.57. The molecule has 100 valence electrons. The summed E-state index contributed by atoms with van der Waals surface area (Å²) in [5, 5.41) is 13.1. The number of pyridine rings is 1. The molecule has 1 unspecified atom stereocenters. The molecule has 0 aliphatic carbocycles. The topological polar surface area (TPSA) is 33.1 Å². The minimum absolute atomic E-state index is 0.858. The first-order valence-corrected chi connectivity index (χ1v) is 7.20. The predicted molar refractivity (Wildman–Crippen MR) is 84.6 cm³/mol. The zero-order chi connectivity index (χ0) is 14.2. The van der Waals surface area contributed by atoms with Crippen LogP contribution in [0.2, 0.25) is 0 Å². The minimum atomic E-state index is -1.05. The number of aliphatic hydroxyl groups is 1. The minimum Gasteiger partial charge on any atom is -0.381 e. The second-order valence-electron chi connectivity index (χ2n) is 4.98. The van der Waals surface area contributed by atoms with Gasteiger partial charge in [-0.1, -0.05) is 46.3 Å². The lowest BCUT2D eigenvalue weighted by Gasteiger charge is -2.26. The van der Waals surface area contributed by atoms with Crippen LogP contribution in [0.1, 0.15) is 18.1 Å². The average molecular weight is 328 g/mol. The van der Waals surface area contributed by atoms with Crippen molar-refractivity contribution in [2.45, 2.75) is 12.5 Å². The Labute approximate surface area is 126 Å². The second kappa shape index (κ2) is 5.00. The fourth-order valence-electron chi connectivity index (χ4n) is 2.49. The molecule has 3 heteroatoms. The molecule has 1 N–H and O–H groups in total. The van der Waals surface area contributed by atoms with E-state index in [9.17, 15) is 5.11 Å². The van der Waals surface area contributed by atoms with Crippen molar-refractivity contribution in [3.05, 3.63) is 76.5 Å². The van der Waals surface area contributed by atoms with Gasteiger partial charge in [0, 0.05) is 22.3 Å². The van der Waals surface area contributed by atoms with Crippen LogP contribution >= 0.6 is 15.9 Å². The van der Waals surface area contributed by atoms with Crippen LogP contribution in [-0.2, 0) is 5.60 Å². The van der Waals surface area contributed by atoms with Gasteiger partial charge in [-0.2, -0.15) is 0 Å². The van der Waals surface area contributed by atoms with E-state index in [0.717, 1.165) is 26.4 Å². The third-order valence-electron chi connectivity index (χ3n) is 3.59. The van der Waals surface area contributed by atoms with Crippen molar-refractivity contribution in [1.82, 2.24) is 4.98 Å². The normalized spacial score (nSPS) is 14.2. The Morgan fingerprint density at radius 2 is 1.90 bits per heavy atom. The first kappa shape index (κ1) is 13.3. The molecular formula is C17H14BrNO. The molecule has 20 heavy (non-hydrogen) atoms. The zero-order valence-corrected chi connectivity index (χ0v) is 12.6. The zero-order valence-electron chi connectivity index (χ0n) is 11.0. The van der Waals surface area contributed by atoms with Gasteiger partial charge < -0.3 is 5.11 Å². The molecule has 2 nitrogen and oxygen atoms in total. The summed E-state index contributed by atoms with van der Waals surface area (Å²) in [6.45, 7) is 1.82. The molecule has 3 aromatic rings. The molecule has 1 atom stereocenters. The average Bonchev–Trinajstić information content (AvgIpc) is 2.46. The lowest BCUT2D eigenvalue weighted by atomic mass is 9.85. The van der Waals surface area contributed by atoms with Crippen molar-refractivity contribution in [3.8, 4) is 0 Å². The van der Waals surface area contributed by atoms with Gasteiger partial charge in [0.05, 0.1) is 0 Å². The number of benzene rings is 2. The number of fused-ring (bicyclic) bond motifs is 1. The summed E-state index contributed by atoms with van der Waals surface area (Å²) in [4.78, 5) is 4.13.